The van der Waals surface area contributed by atoms with E-state index in [0.717, 1.165) is 0 Å². The summed E-state index contributed by atoms with van der Waals surface area (Å²) >= 11 is 0. The van der Waals surface area contributed by atoms with Crippen LogP contribution >= 0.6 is 0 Å². The van der Waals surface area contributed by atoms with Gasteiger partial charge in [0, 0.05) is 6.20 Å². The zero-order chi connectivity index (χ0) is 22.3. The van der Waals surface area contributed by atoms with Crippen LogP contribution in [0, 0.1) is 5.82 Å². The minimum Gasteiger partial charge on any atom is -0.485 e. The summed E-state index contributed by atoms with van der Waals surface area (Å²) in [6, 6.07) is 24.2. The van der Waals surface area contributed by atoms with E-state index < -0.39 is 5.82 Å². The number of halogens is 1. The summed E-state index contributed by atoms with van der Waals surface area (Å²) in [6.07, 6.45) is 1.53. The number of ether oxygens (including phenoxy) is 2. The maximum atomic E-state index is 14.0. The van der Waals surface area contributed by atoms with Crippen molar-refractivity contribution in [1.29, 1.82) is 0 Å². The SMILES string of the molecule is O=C(COc1ccccc1C(=O)c1ccccn1)c1ccccc1Oc1ccccc1F. The molecule has 0 spiro atoms. The van der Waals surface area contributed by atoms with Crippen molar-refractivity contribution in [2.24, 2.45) is 0 Å². The Hall–Kier alpha value is -4.32. The lowest BCUT2D eigenvalue weighted by atomic mass is 10.1. The van der Waals surface area contributed by atoms with E-state index >= 15 is 0 Å². The number of aromatic nitrogens is 1. The van der Waals surface area contributed by atoms with Crippen molar-refractivity contribution in [3.05, 3.63) is 120 Å². The number of benzene rings is 3. The van der Waals surface area contributed by atoms with Crippen molar-refractivity contribution < 1.29 is 23.5 Å². The van der Waals surface area contributed by atoms with Gasteiger partial charge in [0.25, 0.3) is 0 Å². The first-order valence-corrected chi connectivity index (χ1v) is 9.85. The average Bonchev–Trinajstić information content (AvgIpc) is 2.84. The molecule has 0 aliphatic carbocycles. The van der Waals surface area contributed by atoms with Crippen molar-refractivity contribution in [3.8, 4) is 17.2 Å². The molecule has 0 saturated heterocycles. The molecule has 0 atom stereocenters. The molecule has 1 heterocycles. The molecule has 0 radical (unpaired) electrons. The molecule has 0 amide bonds. The Labute approximate surface area is 184 Å². The third-order valence-corrected chi connectivity index (χ3v) is 4.63. The molecular weight excluding hydrogens is 409 g/mol. The maximum Gasteiger partial charge on any atom is 0.215 e. The molecule has 0 aliphatic rings. The molecule has 5 nitrogen and oxygen atoms in total. The van der Waals surface area contributed by atoms with Gasteiger partial charge in [-0.1, -0.05) is 42.5 Å². The quantitative estimate of drug-likeness (QED) is 0.347. The highest BCUT2D eigenvalue weighted by atomic mass is 19.1. The van der Waals surface area contributed by atoms with Gasteiger partial charge in [-0.15, -0.1) is 0 Å². The monoisotopic (exact) mass is 427 g/mol. The number of pyridine rings is 1. The Morgan fingerprint density at radius 1 is 0.719 bits per heavy atom. The third-order valence-electron chi connectivity index (χ3n) is 4.63. The highest BCUT2D eigenvalue weighted by molar-refractivity contribution is 6.09. The number of hydrogen-bond acceptors (Lipinski definition) is 5. The molecule has 0 N–H and O–H groups in total. The Morgan fingerprint density at radius 2 is 1.34 bits per heavy atom. The summed E-state index contributed by atoms with van der Waals surface area (Å²) < 4.78 is 25.3. The van der Waals surface area contributed by atoms with E-state index in [1.807, 2.05) is 0 Å². The van der Waals surface area contributed by atoms with Crippen molar-refractivity contribution >= 4 is 11.6 Å². The molecule has 158 valence electrons. The number of para-hydroxylation sites is 3. The first kappa shape index (κ1) is 20.9. The van der Waals surface area contributed by atoms with Crippen LogP contribution in [-0.4, -0.2) is 23.2 Å². The van der Waals surface area contributed by atoms with Gasteiger partial charge < -0.3 is 9.47 Å². The number of hydrogen-bond donors (Lipinski definition) is 0. The van der Waals surface area contributed by atoms with E-state index in [1.54, 1.807) is 78.9 Å². The van der Waals surface area contributed by atoms with Gasteiger partial charge in [0.2, 0.25) is 11.6 Å². The predicted octanol–water partition coefficient (Wildman–Crippen LogP) is 5.51. The number of carbonyl (C=O) groups excluding carboxylic acids is 2. The average molecular weight is 427 g/mol. The van der Waals surface area contributed by atoms with Crippen LogP contribution in [0.5, 0.6) is 17.2 Å². The second-order valence-corrected chi connectivity index (χ2v) is 6.78. The highest BCUT2D eigenvalue weighted by Crippen LogP contribution is 2.28. The van der Waals surface area contributed by atoms with Gasteiger partial charge >= 0.3 is 0 Å². The van der Waals surface area contributed by atoms with Crippen LogP contribution in [0.3, 0.4) is 0 Å². The van der Waals surface area contributed by atoms with Crippen molar-refractivity contribution in [1.82, 2.24) is 4.98 Å². The predicted molar refractivity (Wildman–Crippen MR) is 117 cm³/mol. The number of carbonyl (C=O) groups is 2. The number of rotatable bonds is 8. The van der Waals surface area contributed by atoms with Crippen LogP contribution in [0.4, 0.5) is 4.39 Å². The fraction of sp³-hybridized carbons (Fsp3) is 0.0385. The molecule has 0 bridgehead atoms. The molecule has 1 aromatic heterocycles. The minimum atomic E-state index is -0.534. The zero-order valence-electron chi connectivity index (χ0n) is 16.9. The molecule has 4 aromatic rings. The fourth-order valence-corrected chi connectivity index (χ4v) is 3.07. The topological polar surface area (TPSA) is 65.5 Å². The molecule has 4 rings (SSSR count). The number of ketones is 2. The van der Waals surface area contributed by atoms with Gasteiger partial charge in [0.1, 0.15) is 17.2 Å². The lowest BCUT2D eigenvalue weighted by Crippen LogP contribution is -2.15. The number of nitrogens with zero attached hydrogens (tertiary/aromatic N) is 1. The Kier molecular flexibility index (Phi) is 6.32. The molecule has 0 saturated carbocycles. The smallest absolute Gasteiger partial charge is 0.215 e. The second-order valence-electron chi connectivity index (χ2n) is 6.78. The van der Waals surface area contributed by atoms with Crippen LogP contribution in [0.25, 0.3) is 0 Å². The van der Waals surface area contributed by atoms with Crippen molar-refractivity contribution in [2.75, 3.05) is 6.61 Å². The van der Waals surface area contributed by atoms with Crippen LogP contribution in [0.15, 0.2) is 97.2 Å². The molecule has 32 heavy (non-hydrogen) atoms. The molecular formula is C26H18FNO4. The minimum absolute atomic E-state index is 0.0139. The third kappa shape index (κ3) is 4.70. The summed E-state index contributed by atoms with van der Waals surface area (Å²) in [5, 5.41) is 0. The first-order chi connectivity index (χ1) is 15.6. The van der Waals surface area contributed by atoms with Crippen molar-refractivity contribution in [3.63, 3.8) is 0 Å². The Bertz CT molecular complexity index is 1260. The van der Waals surface area contributed by atoms with Crippen LogP contribution in [-0.2, 0) is 0 Å². The summed E-state index contributed by atoms with van der Waals surface area (Å²) in [5.74, 6) is -0.727. The lowest BCUT2D eigenvalue weighted by Gasteiger charge is -2.13. The van der Waals surface area contributed by atoms with E-state index in [9.17, 15) is 14.0 Å². The standard InChI is InChI=1S/C26H18FNO4/c27-20-11-3-6-15-25(20)32-24-14-5-1-9-18(24)22(29)17-31-23-13-4-2-10-19(23)26(30)21-12-7-8-16-28-21/h1-16H,17H2. The van der Waals surface area contributed by atoms with E-state index in [0.29, 0.717) is 5.56 Å². The Balaban J connectivity index is 1.52. The summed E-state index contributed by atoms with van der Waals surface area (Å²) in [7, 11) is 0. The van der Waals surface area contributed by atoms with Gasteiger partial charge in [0.15, 0.2) is 18.2 Å². The number of Topliss-reactive ketones (excluding diaryl/α,β-unsaturated/α-hetero) is 1. The molecule has 0 unspecified atom stereocenters. The van der Waals surface area contributed by atoms with Crippen LogP contribution in [0.1, 0.15) is 26.4 Å². The fourth-order valence-electron chi connectivity index (χ4n) is 3.07. The molecule has 3 aromatic carbocycles. The highest BCUT2D eigenvalue weighted by Gasteiger charge is 2.18. The maximum absolute atomic E-state index is 14.0. The largest absolute Gasteiger partial charge is 0.485 e. The molecule has 0 fully saturated rings. The van der Waals surface area contributed by atoms with E-state index in [-0.39, 0.29) is 46.7 Å². The van der Waals surface area contributed by atoms with Crippen LogP contribution in [0.2, 0.25) is 0 Å². The zero-order valence-corrected chi connectivity index (χ0v) is 16.9. The molecule has 0 aliphatic heterocycles. The summed E-state index contributed by atoms with van der Waals surface area (Å²) in [6.45, 7) is -0.329. The van der Waals surface area contributed by atoms with Gasteiger partial charge in [-0.25, -0.2) is 4.39 Å². The van der Waals surface area contributed by atoms with Gasteiger partial charge in [-0.2, -0.15) is 0 Å². The van der Waals surface area contributed by atoms with E-state index in [4.69, 9.17) is 9.47 Å². The second kappa shape index (κ2) is 9.66. The van der Waals surface area contributed by atoms with Gasteiger partial charge in [-0.3, -0.25) is 14.6 Å². The summed E-state index contributed by atoms with van der Waals surface area (Å²) in [5.41, 5.74) is 0.817. The van der Waals surface area contributed by atoms with Crippen molar-refractivity contribution in [2.45, 2.75) is 0 Å². The normalized spacial score (nSPS) is 10.4. The van der Waals surface area contributed by atoms with Crippen LogP contribution < -0.4 is 9.47 Å². The van der Waals surface area contributed by atoms with Gasteiger partial charge in [-0.05, 0) is 48.5 Å². The summed E-state index contributed by atoms with van der Waals surface area (Å²) in [4.78, 5) is 29.7. The first-order valence-electron chi connectivity index (χ1n) is 9.85. The van der Waals surface area contributed by atoms with E-state index in [2.05, 4.69) is 4.98 Å². The molecule has 6 heteroatoms. The Morgan fingerprint density at radius 3 is 2.06 bits per heavy atom. The van der Waals surface area contributed by atoms with E-state index in [1.165, 1.54) is 18.3 Å². The lowest BCUT2D eigenvalue weighted by molar-refractivity contribution is 0.0912. The van der Waals surface area contributed by atoms with Gasteiger partial charge in [0.05, 0.1) is 11.1 Å².